The molecule has 78 valence electrons. The second-order valence-corrected chi connectivity index (χ2v) is 2.69. The molecule has 0 unspecified atom stereocenters. The Morgan fingerprint density at radius 2 is 1.57 bits per heavy atom. The maximum Gasteiger partial charge on any atom is 0.275 e. The molecule has 0 radical (unpaired) electrons. The number of hydrogen-bond acceptors (Lipinski definition) is 3. The van der Waals surface area contributed by atoms with Gasteiger partial charge in [0.2, 0.25) is 0 Å². The number of nitro benzene ring substituents is 1. The van der Waals surface area contributed by atoms with Gasteiger partial charge in [-0.1, -0.05) is 13.8 Å². The van der Waals surface area contributed by atoms with Crippen LogP contribution in [0.4, 0.5) is 5.69 Å². The third kappa shape index (κ3) is 2.73. The highest BCUT2D eigenvalue weighted by atomic mass is 16.6. The van der Waals surface area contributed by atoms with E-state index in [1.54, 1.807) is 13.8 Å². The summed E-state index contributed by atoms with van der Waals surface area (Å²) < 4.78 is 0. The Morgan fingerprint density at radius 1 is 1.21 bits per heavy atom. The molecule has 0 amide bonds. The fourth-order valence-corrected chi connectivity index (χ4v) is 1.22. The van der Waals surface area contributed by atoms with Crippen LogP contribution in [0, 0.1) is 24.0 Å². The predicted molar refractivity (Wildman–Crippen MR) is 55.6 cm³/mol. The molecule has 1 rings (SSSR count). The van der Waals surface area contributed by atoms with Gasteiger partial charge in [0.15, 0.2) is 0 Å². The van der Waals surface area contributed by atoms with Crippen molar-refractivity contribution in [2.45, 2.75) is 27.7 Å². The lowest BCUT2D eigenvalue weighted by molar-refractivity contribution is -0.386. The Hall–Kier alpha value is -1.58. The molecule has 0 aromatic heterocycles. The molecule has 0 bridgehead atoms. The van der Waals surface area contributed by atoms with Crippen LogP contribution in [0.25, 0.3) is 0 Å². The van der Waals surface area contributed by atoms with E-state index in [9.17, 15) is 10.1 Å². The molecule has 1 N–H and O–H groups in total. The van der Waals surface area contributed by atoms with Crippen LogP contribution in [0.1, 0.15) is 25.0 Å². The second-order valence-electron chi connectivity index (χ2n) is 2.69. The summed E-state index contributed by atoms with van der Waals surface area (Å²) in [6.07, 6.45) is 0. The maximum atomic E-state index is 10.5. The predicted octanol–water partition coefficient (Wildman–Crippen LogP) is 2.94. The average Bonchev–Trinajstić information content (AvgIpc) is 2.04. The van der Waals surface area contributed by atoms with E-state index in [0.717, 1.165) is 0 Å². The highest BCUT2D eigenvalue weighted by molar-refractivity contribution is 5.50. The maximum absolute atomic E-state index is 10.5. The van der Waals surface area contributed by atoms with Crippen LogP contribution in [-0.4, -0.2) is 10.0 Å². The molecule has 0 fully saturated rings. The van der Waals surface area contributed by atoms with Crippen molar-refractivity contribution >= 4 is 5.69 Å². The molecule has 1 aromatic carbocycles. The summed E-state index contributed by atoms with van der Waals surface area (Å²) in [6, 6.07) is 2.76. The molecule has 0 saturated heterocycles. The van der Waals surface area contributed by atoms with Crippen molar-refractivity contribution in [3.05, 3.63) is 33.4 Å². The lowest BCUT2D eigenvalue weighted by Gasteiger charge is -2.01. The van der Waals surface area contributed by atoms with E-state index in [2.05, 4.69) is 0 Å². The standard InChI is InChI=1S/C8H9NO3.C2H6/c1-5-3-7(10)4-6(2)8(5)9(11)12;1-2/h3-4,10H,1-2H3;1-2H3. The van der Waals surface area contributed by atoms with Crippen LogP contribution >= 0.6 is 0 Å². The zero-order valence-corrected chi connectivity index (χ0v) is 8.87. The molecule has 4 nitrogen and oxygen atoms in total. The fourth-order valence-electron chi connectivity index (χ4n) is 1.22. The first kappa shape index (κ1) is 12.4. The van der Waals surface area contributed by atoms with Gasteiger partial charge < -0.3 is 5.11 Å². The van der Waals surface area contributed by atoms with Crippen molar-refractivity contribution in [2.75, 3.05) is 0 Å². The molecular weight excluding hydrogens is 182 g/mol. The zero-order chi connectivity index (χ0) is 11.3. The number of hydrogen-bond donors (Lipinski definition) is 1. The van der Waals surface area contributed by atoms with Crippen LogP contribution in [-0.2, 0) is 0 Å². The minimum Gasteiger partial charge on any atom is -0.508 e. The summed E-state index contributed by atoms with van der Waals surface area (Å²) in [7, 11) is 0. The molecule has 14 heavy (non-hydrogen) atoms. The Kier molecular flexibility index (Phi) is 4.63. The highest BCUT2D eigenvalue weighted by Crippen LogP contribution is 2.26. The van der Waals surface area contributed by atoms with E-state index < -0.39 is 4.92 Å². The van der Waals surface area contributed by atoms with Crippen LogP contribution in [0.15, 0.2) is 12.1 Å². The van der Waals surface area contributed by atoms with Gasteiger partial charge in [0.1, 0.15) is 5.75 Å². The lowest BCUT2D eigenvalue weighted by atomic mass is 10.1. The van der Waals surface area contributed by atoms with Crippen LogP contribution in [0.5, 0.6) is 5.75 Å². The average molecular weight is 197 g/mol. The Bertz CT molecular complexity index is 311. The van der Waals surface area contributed by atoms with Crippen molar-refractivity contribution in [3.63, 3.8) is 0 Å². The number of phenolic OH excluding ortho intramolecular Hbond substituents is 1. The van der Waals surface area contributed by atoms with Crippen LogP contribution in [0.3, 0.4) is 0 Å². The van der Waals surface area contributed by atoms with Gasteiger partial charge in [-0.05, 0) is 26.0 Å². The third-order valence-electron chi connectivity index (χ3n) is 1.66. The van der Waals surface area contributed by atoms with Crippen molar-refractivity contribution in [3.8, 4) is 5.75 Å². The Morgan fingerprint density at radius 3 is 1.86 bits per heavy atom. The zero-order valence-electron chi connectivity index (χ0n) is 8.87. The monoisotopic (exact) mass is 197 g/mol. The van der Waals surface area contributed by atoms with Gasteiger partial charge in [-0.25, -0.2) is 0 Å². The number of benzene rings is 1. The summed E-state index contributed by atoms with van der Waals surface area (Å²) in [5, 5.41) is 19.6. The van der Waals surface area contributed by atoms with Gasteiger partial charge in [-0.3, -0.25) is 10.1 Å². The van der Waals surface area contributed by atoms with Gasteiger partial charge in [-0.2, -0.15) is 0 Å². The van der Waals surface area contributed by atoms with E-state index in [1.165, 1.54) is 12.1 Å². The summed E-state index contributed by atoms with van der Waals surface area (Å²) in [6.45, 7) is 7.20. The van der Waals surface area contributed by atoms with Gasteiger partial charge in [-0.15, -0.1) is 0 Å². The number of phenols is 1. The Labute approximate surface area is 83.3 Å². The van der Waals surface area contributed by atoms with E-state index in [4.69, 9.17) is 5.11 Å². The van der Waals surface area contributed by atoms with Crippen molar-refractivity contribution in [1.82, 2.24) is 0 Å². The number of aryl methyl sites for hydroxylation is 2. The SMILES string of the molecule is CC.Cc1cc(O)cc(C)c1[N+](=O)[O-]. The van der Waals surface area contributed by atoms with E-state index in [-0.39, 0.29) is 11.4 Å². The quantitative estimate of drug-likeness (QED) is 0.556. The van der Waals surface area contributed by atoms with Gasteiger partial charge >= 0.3 is 0 Å². The summed E-state index contributed by atoms with van der Waals surface area (Å²) in [5.74, 6) is 0.0654. The number of nitrogens with zero attached hydrogens (tertiary/aromatic N) is 1. The molecule has 0 aliphatic rings. The summed E-state index contributed by atoms with van der Waals surface area (Å²) in [5.41, 5.74) is 1.04. The van der Waals surface area contributed by atoms with E-state index in [1.807, 2.05) is 13.8 Å². The molecule has 0 aliphatic heterocycles. The molecule has 0 atom stereocenters. The topological polar surface area (TPSA) is 63.4 Å². The molecule has 1 aromatic rings. The fraction of sp³-hybridized carbons (Fsp3) is 0.400. The lowest BCUT2D eigenvalue weighted by Crippen LogP contribution is -1.94. The molecule has 0 heterocycles. The first-order chi connectivity index (χ1) is 6.52. The van der Waals surface area contributed by atoms with Crippen molar-refractivity contribution < 1.29 is 10.0 Å². The molecule has 0 aliphatic carbocycles. The minimum atomic E-state index is -0.440. The molecule has 0 spiro atoms. The number of aromatic hydroxyl groups is 1. The molecular formula is C10H15NO3. The minimum absolute atomic E-state index is 0.0654. The van der Waals surface area contributed by atoms with E-state index >= 15 is 0 Å². The van der Waals surface area contributed by atoms with Crippen LogP contribution < -0.4 is 0 Å². The van der Waals surface area contributed by atoms with Gasteiger partial charge in [0.25, 0.3) is 5.69 Å². The van der Waals surface area contributed by atoms with E-state index in [0.29, 0.717) is 11.1 Å². The number of rotatable bonds is 1. The first-order valence-corrected chi connectivity index (χ1v) is 4.47. The molecule has 0 saturated carbocycles. The first-order valence-electron chi connectivity index (χ1n) is 4.47. The third-order valence-corrected chi connectivity index (χ3v) is 1.66. The molecule has 4 heteroatoms. The second kappa shape index (κ2) is 5.21. The smallest absolute Gasteiger partial charge is 0.275 e. The van der Waals surface area contributed by atoms with Crippen molar-refractivity contribution in [1.29, 1.82) is 0 Å². The largest absolute Gasteiger partial charge is 0.508 e. The van der Waals surface area contributed by atoms with Gasteiger partial charge in [0, 0.05) is 11.1 Å². The summed E-state index contributed by atoms with van der Waals surface area (Å²) in [4.78, 5) is 10.0. The Balaban J connectivity index is 0.000000791. The van der Waals surface area contributed by atoms with Gasteiger partial charge in [0.05, 0.1) is 4.92 Å². The number of nitro groups is 1. The normalized spacial score (nSPS) is 8.86. The van der Waals surface area contributed by atoms with Crippen LogP contribution in [0.2, 0.25) is 0 Å². The summed E-state index contributed by atoms with van der Waals surface area (Å²) >= 11 is 0. The van der Waals surface area contributed by atoms with Crippen molar-refractivity contribution in [2.24, 2.45) is 0 Å². The highest BCUT2D eigenvalue weighted by Gasteiger charge is 2.14.